The molecule has 2 unspecified atom stereocenters. The predicted molar refractivity (Wildman–Crippen MR) is 85.6 cm³/mol. The summed E-state index contributed by atoms with van der Waals surface area (Å²) in [6.07, 6.45) is 0.611. The van der Waals surface area contributed by atoms with Crippen LogP contribution in [0.15, 0.2) is 33.1 Å². The van der Waals surface area contributed by atoms with Gasteiger partial charge >= 0.3 is 5.97 Å². The number of thioether (sulfide) groups is 1. The number of carbonyl (C=O) groups is 2. The second-order valence-electron chi connectivity index (χ2n) is 5.11. The van der Waals surface area contributed by atoms with Gasteiger partial charge in [0.2, 0.25) is 11.0 Å². The van der Waals surface area contributed by atoms with E-state index < -0.39 is 39.8 Å². The highest BCUT2D eigenvalue weighted by atomic mass is 32.2. The van der Waals surface area contributed by atoms with Crippen LogP contribution in [0.4, 0.5) is 0 Å². The number of hydrogen-bond donors (Lipinski definition) is 2. The summed E-state index contributed by atoms with van der Waals surface area (Å²) in [6, 6.07) is 0. The number of aliphatic hydroxyl groups excluding tert-OH is 1. The van der Waals surface area contributed by atoms with Gasteiger partial charge in [-0.2, -0.15) is 0 Å². The summed E-state index contributed by atoms with van der Waals surface area (Å²) in [6.45, 7) is 1.48. The van der Waals surface area contributed by atoms with E-state index in [2.05, 4.69) is 0 Å². The third-order valence-corrected chi connectivity index (χ3v) is 6.29. The van der Waals surface area contributed by atoms with Crippen molar-refractivity contribution in [3.05, 3.63) is 33.1 Å². The Hall–Kier alpha value is -2.00. The molecule has 1 amide bonds. The van der Waals surface area contributed by atoms with Gasteiger partial charge in [-0.25, -0.2) is 9.59 Å². The summed E-state index contributed by atoms with van der Waals surface area (Å²) in [7, 11) is 0.372. The highest BCUT2D eigenvalue weighted by molar-refractivity contribution is 8.20. The van der Waals surface area contributed by atoms with Crippen LogP contribution in [-0.2, 0) is 23.9 Å². The molecule has 2 N–H and O–H groups in total. The van der Waals surface area contributed by atoms with E-state index in [1.807, 2.05) is 0 Å². The average Bonchev–Trinajstić information content (AvgIpc) is 3.05. The third-order valence-electron chi connectivity index (χ3n) is 3.70. The van der Waals surface area contributed by atoms with Gasteiger partial charge in [0.15, 0.2) is 21.8 Å². The first-order valence-electron chi connectivity index (χ1n) is 6.81. The van der Waals surface area contributed by atoms with Crippen LogP contribution in [-0.4, -0.2) is 50.8 Å². The van der Waals surface area contributed by atoms with Crippen molar-refractivity contribution < 1.29 is 34.1 Å². The number of allylic oxidation sites excluding steroid dienone is 1. The fraction of sp³-hybridized carbons (Fsp3) is 0.357. The summed E-state index contributed by atoms with van der Waals surface area (Å²) >= 11 is 1.05. The lowest BCUT2D eigenvalue weighted by molar-refractivity contribution is -0.156. The molecule has 0 aromatic carbocycles. The molecule has 3 aliphatic heterocycles. The zero-order valence-corrected chi connectivity index (χ0v) is 14.2. The molecule has 0 aromatic rings. The minimum absolute atomic E-state index is 0.0227. The number of carboxylic acids is 1. The standard InChI is InChI=1S/C14H13NO7S2/c1-6(17)8-10(18)15-9(12(19)20)13(23-11(8)15)22-7-3-4-24(5-16)14(7)21-2/h3-4,6,8,11,17H,1-2H3,(H,19,20)/t6-,8+,11?,24?/m1/s1. The summed E-state index contributed by atoms with van der Waals surface area (Å²) in [5.41, 5.74) is -0.273. The molecule has 10 heteroatoms. The molecule has 3 aliphatic rings. The minimum atomic E-state index is -1.31. The number of aliphatic carboxylic acids is 1. The highest BCUT2D eigenvalue weighted by Gasteiger charge is 2.58. The minimum Gasteiger partial charge on any atom is -0.487 e. The van der Waals surface area contributed by atoms with Crippen molar-refractivity contribution in [1.82, 2.24) is 4.90 Å². The van der Waals surface area contributed by atoms with Crippen LogP contribution < -0.4 is 0 Å². The van der Waals surface area contributed by atoms with Crippen molar-refractivity contribution in [2.24, 2.45) is 5.92 Å². The maximum Gasteiger partial charge on any atom is 0.357 e. The second-order valence-corrected chi connectivity index (χ2v) is 7.68. The molecular formula is C14H13NO7S2. The van der Waals surface area contributed by atoms with Crippen LogP contribution in [0.1, 0.15) is 6.92 Å². The van der Waals surface area contributed by atoms with Gasteiger partial charge in [-0.1, -0.05) is 11.8 Å². The Balaban J connectivity index is 1.94. The normalized spacial score (nSPS) is 29.4. The van der Waals surface area contributed by atoms with E-state index in [1.54, 1.807) is 10.6 Å². The molecule has 3 rings (SSSR count). The molecule has 0 aromatic heterocycles. The molecule has 0 bridgehead atoms. The molecule has 128 valence electrons. The van der Waals surface area contributed by atoms with Crippen molar-refractivity contribution in [3.63, 3.8) is 0 Å². The van der Waals surface area contributed by atoms with Crippen molar-refractivity contribution in [2.45, 2.75) is 18.4 Å². The number of ether oxygens (including phenoxy) is 2. The van der Waals surface area contributed by atoms with Crippen molar-refractivity contribution in [3.8, 4) is 0 Å². The molecule has 3 heterocycles. The second kappa shape index (κ2) is 6.14. The van der Waals surface area contributed by atoms with Gasteiger partial charge in [0.1, 0.15) is 5.37 Å². The molecule has 1 saturated heterocycles. The lowest BCUT2D eigenvalue weighted by atomic mass is 9.92. The molecule has 4 atom stereocenters. The zero-order chi connectivity index (χ0) is 17.6. The Labute approximate surface area is 143 Å². The molecule has 0 saturated carbocycles. The molecule has 0 aliphatic carbocycles. The van der Waals surface area contributed by atoms with E-state index in [9.17, 15) is 24.6 Å². The lowest BCUT2D eigenvalue weighted by Gasteiger charge is -2.43. The predicted octanol–water partition coefficient (Wildman–Crippen LogP) is 0.848. The summed E-state index contributed by atoms with van der Waals surface area (Å²) < 4.78 is 10.7. The lowest BCUT2D eigenvalue weighted by Crippen LogP contribution is -2.60. The fourth-order valence-corrected chi connectivity index (χ4v) is 5.10. The number of nitrogens with zero attached hydrogens (tertiary/aromatic N) is 1. The van der Waals surface area contributed by atoms with Gasteiger partial charge in [0, 0.05) is 0 Å². The number of hydrogen-bond acceptors (Lipinski definition) is 7. The zero-order valence-electron chi connectivity index (χ0n) is 12.6. The molecule has 0 spiro atoms. The number of aliphatic hydroxyl groups is 1. The third kappa shape index (κ3) is 2.39. The Bertz CT molecular complexity index is 776. The Kier molecular flexibility index (Phi) is 4.31. The first-order chi connectivity index (χ1) is 11.4. The van der Waals surface area contributed by atoms with Crippen molar-refractivity contribution in [2.75, 3.05) is 7.11 Å². The van der Waals surface area contributed by atoms with E-state index in [0.29, 0.717) is 0 Å². The SMILES string of the molecule is COC1=C(OC2=C(C(=O)O)N3C(=O)[C@H]([C@@H](C)O)C3S2)C=CS1=C=O. The summed E-state index contributed by atoms with van der Waals surface area (Å²) in [5.74, 6) is -2.24. The number of carbonyl (C=O) groups excluding carboxylic acids is 2. The summed E-state index contributed by atoms with van der Waals surface area (Å²) in [5, 5.41) is 22.2. The Morgan fingerprint density at radius 3 is 2.79 bits per heavy atom. The van der Waals surface area contributed by atoms with Gasteiger partial charge in [0.25, 0.3) is 0 Å². The van der Waals surface area contributed by atoms with Crippen LogP contribution in [0.3, 0.4) is 0 Å². The molecular weight excluding hydrogens is 358 g/mol. The van der Waals surface area contributed by atoms with Gasteiger partial charge in [-0.05, 0) is 28.9 Å². The first-order valence-corrected chi connectivity index (χ1v) is 8.98. The van der Waals surface area contributed by atoms with Gasteiger partial charge in [0.05, 0.1) is 19.1 Å². The topological polar surface area (TPSA) is 113 Å². The average molecular weight is 371 g/mol. The maximum absolute atomic E-state index is 12.1. The monoisotopic (exact) mass is 371 g/mol. The van der Waals surface area contributed by atoms with E-state index in [4.69, 9.17) is 9.47 Å². The van der Waals surface area contributed by atoms with E-state index in [0.717, 1.165) is 16.7 Å². The van der Waals surface area contributed by atoms with Crippen LogP contribution in [0.25, 0.3) is 0 Å². The first kappa shape index (κ1) is 16.8. The van der Waals surface area contributed by atoms with Crippen molar-refractivity contribution in [1.29, 1.82) is 0 Å². The van der Waals surface area contributed by atoms with Crippen LogP contribution in [0.5, 0.6) is 0 Å². The smallest absolute Gasteiger partial charge is 0.357 e. The quantitative estimate of drug-likeness (QED) is 0.540. The molecule has 0 radical (unpaired) electrons. The number of rotatable bonds is 5. The van der Waals surface area contributed by atoms with Crippen LogP contribution in [0.2, 0.25) is 0 Å². The number of amides is 1. The number of carboxylic acid groups (broad SMARTS) is 1. The Morgan fingerprint density at radius 2 is 2.25 bits per heavy atom. The van der Waals surface area contributed by atoms with E-state index >= 15 is 0 Å². The van der Waals surface area contributed by atoms with E-state index in [-0.39, 0.29) is 21.6 Å². The van der Waals surface area contributed by atoms with Crippen LogP contribution in [0, 0.1) is 5.92 Å². The van der Waals surface area contributed by atoms with Gasteiger partial charge in [-0.3, -0.25) is 9.69 Å². The van der Waals surface area contributed by atoms with Gasteiger partial charge in [-0.15, -0.1) is 0 Å². The number of fused-ring (bicyclic) bond motifs is 1. The highest BCUT2D eigenvalue weighted by Crippen LogP contribution is 2.52. The van der Waals surface area contributed by atoms with Crippen LogP contribution >= 0.6 is 22.2 Å². The summed E-state index contributed by atoms with van der Waals surface area (Å²) in [4.78, 5) is 35.6. The van der Waals surface area contributed by atoms with Crippen molar-refractivity contribution >= 4 is 39.4 Å². The van der Waals surface area contributed by atoms with Gasteiger partial charge < -0.3 is 19.7 Å². The fourth-order valence-electron chi connectivity index (χ4n) is 2.62. The largest absolute Gasteiger partial charge is 0.487 e. The molecule has 24 heavy (non-hydrogen) atoms. The van der Waals surface area contributed by atoms with E-state index in [1.165, 1.54) is 20.1 Å². The molecule has 1 fully saturated rings. The molecule has 8 nitrogen and oxygen atoms in total. The Morgan fingerprint density at radius 1 is 1.54 bits per heavy atom. The number of methoxy groups -OCH3 is 1. The maximum atomic E-state index is 12.1. The number of β-lactam (4-membered cyclic amide) rings is 1.